The third-order valence-electron chi connectivity index (χ3n) is 4.47. The summed E-state index contributed by atoms with van der Waals surface area (Å²) in [5, 5.41) is 13.0. The van der Waals surface area contributed by atoms with Gasteiger partial charge in [-0.15, -0.1) is 11.8 Å². The van der Waals surface area contributed by atoms with Gasteiger partial charge in [0.15, 0.2) is 5.78 Å². The molecule has 0 radical (unpaired) electrons. The topological polar surface area (TPSA) is 37.3 Å². The maximum atomic E-state index is 12.7. The minimum atomic E-state index is -0.959. The smallest absolute Gasteiger partial charge is 0.183 e. The number of hydrogen-bond donors (Lipinski definition) is 1. The quantitative estimate of drug-likeness (QED) is 0.762. The van der Waals surface area contributed by atoms with Gasteiger partial charge in [0, 0.05) is 11.5 Å². The van der Waals surface area contributed by atoms with Crippen LogP contribution in [0.5, 0.6) is 0 Å². The molecule has 3 heteroatoms. The highest BCUT2D eigenvalue weighted by molar-refractivity contribution is 8.04. The number of allylic oxidation sites excluding steroid dienone is 1. The Morgan fingerprint density at radius 2 is 2.18 bits per heavy atom. The third kappa shape index (κ3) is 0.860. The fourth-order valence-electron chi connectivity index (χ4n) is 3.70. The van der Waals surface area contributed by atoms with Crippen LogP contribution < -0.4 is 0 Å². The monoisotopic (exact) mass is 244 g/mol. The fraction of sp³-hybridized carbons (Fsp3) is 0.357. The summed E-state index contributed by atoms with van der Waals surface area (Å²) in [5.41, 5.74) is 0.596. The van der Waals surface area contributed by atoms with Crippen LogP contribution in [0.3, 0.4) is 0 Å². The zero-order valence-electron chi connectivity index (χ0n) is 9.22. The molecule has 1 heterocycles. The highest BCUT2D eigenvalue weighted by atomic mass is 32.2. The maximum absolute atomic E-state index is 12.7. The van der Waals surface area contributed by atoms with E-state index in [9.17, 15) is 9.90 Å². The first-order chi connectivity index (χ1) is 8.20. The molecule has 1 spiro atoms. The lowest BCUT2D eigenvalue weighted by Crippen LogP contribution is -2.47. The molecule has 4 rings (SSSR count). The van der Waals surface area contributed by atoms with Gasteiger partial charge in [0.1, 0.15) is 10.3 Å². The minimum absolute atomic E-state index is 0.119. The lowest BCUT2D eigenvalue weighted by Gasteiger charge is -2.34. The van der Waals surface area contributed by atoms with Crippen molar-refractivity contribution in [2.24, 2.45) is 5.92 Å². The van der Waals surface area contributed by atoms with Gasteiger partial charge < -0.3 is 5.11 Å². The largest absolute Gasteiger partial charge is 0.383 e. The van der Waals surface area contributed by atoms with E-state index >= 15 is 0 Å². The standard InChI is InChI=1S/C14H12O2S/c15-12-10-3-1-2-4-11(10)13(16)7-5-9-6-8-17-14(9,12)13/h1-4,6,8-9,16H,5,7H2/t9-,13+,14-/m1/s1. The Labute approximate surface area is 104 Å². The van der Waals surface area contributed by atoms with Gasteiger partial charge in [0.05, 0.1) is 0 Å². The Morgan fingerprint density at radius 3 is 3.06 bits per heavy atom. The van der Waals surface area contributed by atoms with Crippen LogP contribution in [0.2, 0.25) is 0 Å². The summed E-state index contributed by atoms with van der Waals surface area (Å²) >= 11 is 1.51. The summed E-state index contributed by atoms with van der Waals surface area (Å²) in [6.45, 7) is 0. The SMILES string of the molecule is O=C1c2ccccc2[C@@]2(O)CC[C@@H]3C=CS[C@@]132. The summed E-state index contributed by atoms with van der Waals surface area (Å²) in [5.74, 6) is 0.311. The van der Waals surface area contributed by atoms with Crippen molar-refractivity contribution >= 4 is 17.5 Å². The molecule has 2 nitrogen and oxygen atoms in total. The number of fused-ring (bicyclic) bond motifs is 2. The number of benzene rings is 1. The lowest BCUT2D eigenvalue weighted by molar-refractivity contribution is 0.0232. The van der Waals surface area contributed by atoms with Crippen molar-refractivity contribution in [1.29, 1.82) is 0 Å². The Kier molecular flexibility index (Phi) is 1.66. The molecular weight excluding hydrogens is 232 g/mol. The van der Waals surface area contributed by atoms with Gasteiger partial charge in [-0.2, -0.15) is 0 Å². The van der Waals surface area contributed by atoms with E-state index in [1.165, 1.54) is 11.8 Å². The molecule has 1 aromatic rings. The van der Waals surface area contributed by atoms with Crippen LogP contribution in [-0.4, -0.2) is 15.6 Å². The van der Waals surface area contributed by atoms with Crippen molar-refractivity contribution in [2.45, 2.75) is 23.2 Å². The summed E-state index contributed by atoms with van der Waals surface area (Å²) < 4.78 is -0.656. The number of Topliss-reactive ketones (excluding diaryl/α,β-unsaturated/α-hetero) is 1. The second-order valence-electron chi connectivity index (χ2n) is 5.06. The first-order valence-corrected chi connectivity index (χ1v) is 6.79. The van der Waals surface area contributed by atoms with Crippen LogP contribution >= 0.6 is 11.8 Å². The summed E-state index contributed by atoms with van der Waals surface area (Å²) in [4.78, 5) is 12.7. The average Bonchev–Trinajstić information content (AvgIpc) is 2.94. The van der Waals surface area contributed by atoms with Crippen molar-refractivity contribution in [2.75, 3.05) is 0 Å². The molecule has 1 aromatic carbocycles. The van der Waals surface area contributed by atoms with E-state index in [4.69, 9.17) is 0 Å². The van der Waals surface area contributed by atoms with Gasteiger partial charge >= 0.3 is 0 Å². The zero-order chi connectivity index (χ0) is 11.7. The number of carbonyl (C=O) groups is 1. The lowest BCUT2D eigenvalue weighted by atomic mass is 9.85. The number of rotatable bonds is 0. The second-order valence-corrected chi connectivity index (χ2v) is 6.21. The van der Waals surface area contributed by atoms with Gasteiger partial charge in [0.25, 0.3) is 0 Å². The minimum Gasteiger partial charge on any atom is -0.383 e. The maximum Gasteiger partial charge on any atom is 0.183 e. The Balaban J connectivity index is 2.04. The second kappa shape index (κ2) is 2.85. The third-order valence-corrected chi connectivity index (χ3v) is 5.96. The number of hydrogen-bond acceptors (Lipinski definition) is 3. The molecule has 0 unspecified atom stereocenters. The molecule has 1 saturated carbocycles. The Hall–Kier alpha value is -1.06. The molecule has 0 aromatic heterocycles. The molecule has 86 valence electrons. The van der Waals surface area contributed by atoms with Gasteiger partial charge in [-0.05, 0) is 23.8 Å². The van der Waals surface area contributed by atoms with E-state index in [-0.39, 0.29) is 11.7 Å². The van der Waals surface area contributed by atoms with E-state index in [0.29, 0.717) is 6.42 Å². The molecule has 3 aliphatic rings. The summed E-state index contributed by atoms with van der Waals surface area (Å²) in [7, 11) is 0. The number of thioether (sulfide) groups is 1. The van der Waals surface area contributed by atoms with Crippen molar-refractivity contribution in [3.8, 4) is 0 Å². The Morgan fingerprint density at radius 1 is 1.35 bits per heavy atom. The van der Waals surface area contributed by atoms with Crippen LogP contribution in [0.4, 0.5) is 0 Å². The highest BCUT2D eigenvalue weighted by Gasteiger charge is 2.70. The van der Waals surface area contributed by atoms with E-state index in [0.717, 1.165) is 17.5 Å². The number of ketones is 1. The molecule has 1 fully saturated rings. The first kappa shape index (κ1) is 9.92. The highest BCUT2D eigenvalue weighted by Crippen LogP contribution is 2.65. The van der Waals surface area contributed by atoms with Crippen molar-refractivity contribution < 1.29 is 9.90 Å². The van der Waals surface area contributed by atoms with Crippen LogP contribution in [0.25, 0.3) is 0 Å². The molecule has 1 aliphatic heterocycles. The fourth-order valence-corrected chi connectivity index (χ4v) is 5.18. The van der Waals surface area contributed by atoms with E-state index in [2.05, 4.69) is 6.08 Å². The van der Waals surface area contributed by atoms with Gasteiger partial charge in [-0.1, -0.05) is 30.3 Å². The molecule has 2 aliphatic carbocycles. The van der Waals surface area contributed by atoms with Gasteiger partial charge in [-0.25, -0.2) is 0 Å². The predicted molar refractivity (Wildman–Crippen MR) is 66.9 cm³/mol. The molecule has 17 heavy (non-hydrogen) atoms. The molecule has 3 atom stereocenters. The predicted octanol–water partition coefficient (Wildman–Crippen LogP) is 2.48. The van der Waals surface area contributed by atoms with Crippen LogP contribution in [0, 0.1) is 5.92 Å². The number of carbonyl (C=O) groups excluding carboxylic acids is 1. The molecule has 1 N–H and O–H groups in total. The van der Waals surface area contributed by atoms with Crippen LogP contribution in [0.15, 0.2) is 35.7 Å². The molecule has 0 saturated heterocycles. The number of aliphatic hydroxyl groups is 1. The van der Waals surface area contributed by atoms with Gasteiger partial charge in [-0.3, -0.25) is 4.79 Å². The molecule has 0 amide bonds. The molecule has 0 bridgehead atoms. The van der Waals surface area contributed by atoms with Crippen molar-refractivity contribution in [3.63, 3.8) is 0 Å². The van der Waals surface area contributed by atoms with Gasteiger partial charge in [0.2, 0.25) is 0 Å². The van der Waals surface area contributed by atoms with Crippen LogP contribution in [0.1, 0.15) is 28.8 Å². The normalized spacial score (nSPS) is 41.5. The zero-order valence-corrected chi connectivity index (χ0v) is 10.0. The Bertz CT molecular complexity index is 565. The van der Waals surface area contributed by atoms with Crippen molar-refractivity contribution in [1.82, 2.24) is 0 Å². The van der Waals surface area contributed by atoms with Crippen molar-refractivity contribution in [3.05, 3.63) is 46.9 Å². The van der Waals surface area contributed by atoms with Crippen LogP contribution in [-0.2, 0) is 5.60 Å². The summed E-state index contributed by atoms with van der Waals surface area (Å²) in [6, 6.07) is 7.53. The summed E-state index contributed by atoms with van der Waals surface area (Å²) in [6.07, 6.45) is 3.68. The average molecular weight is 244 g/mol. The van der Waals surface area contributed by atoms with E-state index < -0.39 is 10.3 Å². The first-order valence-electron chi connectivity index (χ1n) is 5.91. The van der Waals surface area contributed by atoms with E-state index in [1.54, 1.807) is 0 Å². The van der Waals surface area contributed by atoms with E-state index in [1.807, 2.05) is 29.7 Å². The molecular formula is C14H12O2S.